The van der Waals surface area contributed by atoms with Gasteiger partial charge in [0.05, 0.1) is 4.75 Å². The highest BCUT2D eigenvalue weighted by molar-refractivity contribution is 8.01. The second kappa shape index (κ2) is 7.11. The molecule has 0 radical (unpaired) electrons. The van der Waals surface area contributed by atoms with Crippen molar-refractivity contribution in [1.29, 1.82) is 0 Å². The van der Waals surface area contributed by atoms with Gasteiger partial charge in [0, 0.05) is 16.9 Å². The standard InChI is InChI=1S/C29H20OS/c30-26-19-29(20-11-3-1-4-12-20,21-13-5-2-6-14-21)31-28-25-18-10-8-16-23(25)22-15-7-9-17-24(22)27(26)28/h1-18H,19H2. The Morgan fingerprint density at radius 1 is 0.548 bits per heavy atom. The number of Topliss-reactive ketones (excluding diaryl/α,β-unsaturated/α-hetero) is 1. The summed E-state index contributed by atoms with van der Waals surface area (Å²) in [4.78, 5) is 15.0. The SMILES string of the molecule is O=C1CC(c2ccccc2)(c2ccccc2)Sc2c1c1ccccc1c1ccccc21. The topological polar surface area (TPSA) is 17.1 Å². The van der Waals surface area contributed by atoms with Gasteiger partial charge in [-0.1, -0.05) is 109 Å². The molecule has 5 aromatic carbocycles. The van der Waals surface area contributed by atoms with E-state index >= 15 is 0 Å². The molecule has 5 aromatic rings. The monoisotopic (exact) mass is 416 g/mol. The van der Waals surface area contributed by atoms with E-state index in [0.29, 0.717) is 6.42 Å². The summed E-state index contributed by atoms with van der Waals surface area (Å²) in [7, 11) is 0. The molecule has 1 aliphatic heterocycles. The van der Waals surface area contributed by atoms with Crippen molar-refractivity contribution in [2.24, 2.45) is 0 Å². The van der Waals surface area contributed by atoms with Gasteiger partial charge in [-0.25, -0.2) is 0 Å². The van der Waals surface area contributed by atoms with Crippen molar-refractivity contribution in [3.8, 4) is 0 Å². The molecule has 0 aromatic heterocycles. The predicted octanol–water partition coefficient (Wildman–Crippen LogP) is 7.62. The minimum absolute atomic E-state index is 0.211. The van der Waals surface area contributed by atoms with E-state index in [-0.39, 0.29) is 5.78 Å². The van der Waals surface area contributed by atoms with Gasteiger partial charge in [0.25, 0.3) is 0 Å². The van der Waals surface area contributed by atoms with Crippen LogP contribution >= 0.6 is 11.8 Å². The molecule has 0 saturated heterocycles. The molecule has 2 heteroatoms. The Kier molecular flexibility index (Phi) is 4.22. The van der Waals surface area contributed by atoms with Crippen LogP contribution in [-0.4, -0.2) is 5.78 Å². The summed E-state index contributed by atoms with van der Waals surface area (Å²) in [6.07, 6.45) is 0.445. The largest absolute Gasteiger partial charge is 0.294 e. The average Bonchev–Trinajstić information content (AvgIpc) is 2.85. The third kappa shape index (κ3) is 2.75. The molecule has 1 aliphatic rings. The van der Waals surface area contributed by atoms with Crippen LogP contribution in [0.5, 0.6) is 0 Å². The van der Waals surface area contributed by atoms with E-state index < -0.39 is 4.75 Å². The zero-order chi connectivity index (χ0) is 20.8. The van der Waals surface area contributed by atoms with Crippen LogP contribution in [0.15, 0.2) is 114 Å². The van der Waals surface area contributed by atoms with Crippen LogP contribution in [0.2, 0.25) is 0 Å². The first-order valence-corrected chi connectivity index (χ1v) is 11.4. The molecule has 0 spiro atoms. The summed E-state index contributed by atoms with van der Waals surface area (Å²) in [6.45, 7) is 0. The minimum Gasteiger partial charge on any atom is -0.294 e. The molecule has 0 N–H and O–H groups in total. The van der Waals surface area contributed by atoms with Crippen LogP contribution in [0.3, 0.4) is 0 Å². The van der Waals surface area contributed by atoms with Crippen LogP contribution in [0.25, 0.3) is 21.5 Å². The second-order valence-corrected chi connectivity index (χ2v) is 9.37. The quantitative estimate of drug-likeness (QED) is 0.275. The first-order valence-electron chi connectivity index (χ1n) is 10.5. The number of carbonyl (C=O) groups excluding carboxylic acids is 1. The number of thioether (sulfide) groups is 1. The zero-order valence-corrected chi connectivity index (χ0v) is 17.7. The smallest absolute Gasteiger partial charge is 0.166 e. The van der Waals surface area contributed by atoms with Crippen LogP contribution in [-0.2, 0) is 4.75 Å². The first kappa shape index (κ1) is 18.4. The van der Waals surface area contributed by atoms with Crippen molar-refractivity contribution in [3.63, 3.8) is 0 Å². The van der Waals surface area contributed by atoms with Crippen molar-refractivity contribution in [1.82, 2.24) is 0 Å². The molecule has 0 amide bonds. The summed E-state index contributed by atoms with van der Waals surface area (Å²) in [5, 5.41) is 4.57. The van der Waals surface area contributed by atoms with Gasteiger partial charge < -0.3 is 0 Å². The molecule has 148 valence electrons. The molecular formula is C29H20OS. The Bertz CT molecular complexity index is 1400. The second-order valence-electron chi connectivity index (χ2n) is 8.06. The maximum absolute atomic E-state index is 13.9. The minimum atomic E-state index is -0.447. The summed E-state index contributed by atoms with van der Waals surface area (Å²) < 4.78 is -0.447. The third-order valence-corrected chi connectivity index (χ3v) is 7.92. The summed E-state index contributed by atoms with van der Waals surface area (Å²) in [6, 6.07) is 37.8. The third-order valence-electron chi connectivity index (χ3n) is 6.33. The number of fused-ring (bicyclic) bond motifs is 6. The maximum Gasteiger partial charge on any atom is 0.166 e. The van der Waals surface area contributed by atoms with Gasteiger partial charge in [0.15, 0.2) is 5.78 Å². The Morgan fingerprint density at radius 3 is 1.58 bits per heavy atom. The lowest BCUT2D eigenvalue weighted by Gasteiger charge is -2.38. The molecular weight excluding hydrogens is 396 g/mol. The molecule has 6 rings (SSSR count). The van der Waals surface area contributed by atoms with Gasteiger partial charge in [-0.05, 0) is 32.7 Å². The van der Waals surface area contributed by atoms with Crippen molar-refractivity contribution in [2.75, 3.05) is 0 Å². The molecule has 0 unspecified atom stereocenters. The van der Waals surface area contributed by atoms with Gasteiger partial charge >= 0.3 is 0 Å². The van der Waals surface area contributed by atoms with Crippen molar-refractivity contribution in [3.05, 3.63) is 126 Å². The number of hydrogen-bond donors (Lipinski definition) is 0. The number of benzene rings is 5. The van der Waals surface area contributed by atoms with Crippen LogP contribution in [0.4, 0.5) is 0 Å². The highest BCUT2D eigenvalue weighted by Gasteiger charge is 2.43. The summed E-state index contributed by atoms with van der Waals surface area (Å²) in [5.74, 6) is 0.211. The molecule has 0 fully saturated rings. The maximum atomic E-state index is 13.9. The Balaban J connectivity index is 1.71. The Morgan fingerprint density at radius 2 is 1.00 bits per heavy atom. The van der Waals surface area contributed by atoms with Gasteiger partial charge in [0.1, 0.15) is 0 Å². The van der Waals surface area contributed by atoms with Gasteiger partial charge in [0.2, 0.25) is 0 Å². The van der Waals surface area contributed by atoms with Crippen molar-refractivity contribution < 1.29 is 4.79 Å². The summed E-state index contributed by atoms with van der Waals surface area (Å²) >= 11 is 1.84. The molecule has 0 bridgehead atoms. The molecule has 1 nitrogen and oxygen atoms in total. The lowest BCUT2D eigenvalue weighted by atomic mass is 9.83. The van der Waals surface area contributed by atoms with Crippen molar-refractivity contribution in [2.45, 2.75) is 16.1 Å². The molecule has 31 heavy (non-hydrogen) atoms. The van der Waals surface area contributed by atoms with E-state index in [1.54, 1.807) is 0 Å². The van der Waals surface area contributed by atoms with E-state index in [9.17, 15) is 4.79 Å². The van der Waals surface area contributed by atoms with Crippen molar-refractivity contribution >= 4 is 39.1 Å². The lowest BCUT2D eigenvalue weighted by Crippen LogP contribution is -2.31. The average molecular weight is 417 g/mol. The number of ketones is 1. The van der Waals surface area contributed by atoms with E-state index in [4.69, 9.17) is 0 Å². The fraction of sp³-hybridized carbons (Fsp3) is 0.0690. The molecule has 0 atom stereocenters. The van der Waals surface area contributed by atoms with Gasteiger partial charge in [-0.15, -0.1) is 11.8 Å². The zero-order valence-electron chi connectivity index (χ0n) is 16.9. The highest BCUT2D eigenvalue weighted by Crippen LogP contribution is 2.56. The normalized spacial score (nSPS) is 15.2. The fourth-order valence-corrected chi connectivity index (χ4v) is 6.59. The Labute approximate surface area is 185 Å². The number of hydrogen-bond acceptors (Lipinski definition) is 2. The van der Waals surface area contributed by atoms with Gasteiger partial charge in [-0.3, -0.25) is 4.79 Å². The van der Waals surface area contributed by atoms with E-state index in [0.717, 1.165) is 26.6 Å². The Hall–Kier alpha value is -3.36. The highest BCUT2D eigenvalue weighted by atomic mass is 32.2. The van der Waals surface area contributed by atoms with Crippen LogP contribution < -0.4 is 0 Å². The van der Waals surface area contributed by atoms with E-state index in [2.05, 4.69) is 91.0 Å². The summed E-state index contributed by atoms with van der Waals surface area (Å²) in [5.41, 5.74) is 3.21. The van der Waals surface area contributed by atoms with Crippen LogP contribution in [0.1, 0.15) is 27.9 Å². The lowest BCUT2D eigenvalue weighted by molar-refractivity contribution is 0.0969. The first-order chi connectivity index (χ1) is 15.3. The van der Waals surface area contributed by atoms with Crippen LogP contribution in [0, 0.1) is 0 Å². The number of rotatable bonds is 2. The molecule has 0 saturated carbocycles. The van der Waals surface area contributed by atoms with E-state index in [1.807, 2.05) is 30.0 Å². The fourth-order valence-electron chi connectivity index (χ4n) is 4.92. The molecule has 1 heterocycles. The molecule has 0 aliphatic carbocycles. The van der Waals surface area contributed by atoms with Gasteiger partial charge in [-0.2, -0.15) is 0 Å². The number of carbonyl (C=O) groups is 1. The van der Waals surface area contributed by atoms with E-state index in [1.165, 1.54) is 16.5 Å². The predicted molar refractivity (Wildman–Crippen MR) is 130 cm³/mol.